The lowest BCUT2D eigenvalue weighted by Gasteiger charge is -2.33. The van der Waals surface area contributed by atoms with Crippen molar-refractivity contribution in [3.63, 3.8) is 0 Å². The number of hydrogen-bond donors (Lipinski definition) is 1. The zero-order chi connectivity index (χ0) is 28.9. The SMILES string of the molecule is CCOC(=O)COc1c(I)cc(C=Nc2sc3c(c2C(=O)NCc2ccco2)CC[C@@H](C(C)(C)C)C3)cc1OC. The van der Waals surface area contributed by atoms with Crippen LogP contribution in [0.15, 0.2) is 39.9 Å². The summed E-state index contributed by atoms with van der Waals surface area (Å²) >= 11 is 3.74. The quantitative estimate of drug-likeness (QED) is 0.145. The molecule has 0 saturated carbocycles. The van der Waals surface area contributed by atoms with Crippen LogP contribution in [0.4, 0.5) is 5.00 Å². The van der Waals surface area contributed by atoms with E-state index in [0.29, 0.717) is 40.3 Å². The second-order valence-corrected chi connectivity index (χ2v) is 12.9. The Morgan fingerprint density at radius 1 is 1.30 bits per heavy atom. The number of furan rings is 1. The number of halogens is 1. The molecule has 4 rings (SSSR count). The minimum Gasteiger partial charge on any atom is -0.493 e. The highest BCUT2D eigenvalue weighted by Crippen LogP contribution is 2.45. The largest absolute Gasteiger partial charge is 0.493 e. The first-order valence-corrected chi connectivity index (χ1v) is 15.1. The molecule has 0 fully saturated rings. The highest BCUT2D eigenvalue weighted by atomic mass is 127. The van der Waals surface area contributed by atoms with Gasteiger partial charge in [0.2, 0.25) is 0 Å². The van der Waals surface area contributed by atoms with Crippen LogP contribution in [0.5, 0.6) is 11.5 Å². The van der Waals surface area contributed by atoms with Crippen molar-refractivity contribution in [3.8, 4) is 11.5 Å². The number of carbonyl (C=O) groups is 2. The Balaban J connectivity index is 1.62. The number of methoxy groups -OCH3 is 1. The number of nitrogens with one attached hydrogen (secondary N) is 1. The molecule has 1 aromatic carbocycles. The van der Waals surface area contributed by atoms with Crippen LogP contribution in [0.2, 0.25) is 0 Å². The van der Waals surface area contributed by atoms with Crippen LogP contribution in [-0.2, 0) is 28.9 Å². The molecule has 40 heavy (non-hydrogen) atoms. The summed E-state index contributed by atoms with van der Waals surface area (Å²) < 4.78 is 22.3. The van der Waals surface area contributed by atoms with Crippen LogP contribution in [0.3, 0.4) is 0 Å². The molecular weight excluding hydrogens is 643 g/mol. The molecule has 2 heterocycles. The molecule has 0 spiro atoms. The lowest BCUT2D eigenvalue weighted by molar-refractivity contribution is -0.145. The van der Waals surface area contributed by atoms with Crippen molar-refractivity contribution >= 4 is 57.0 Å². The van der Waals surface area contributed by atoms with E-state index in [1.165, 1.54) is 4.88 Å². The summed E-state index contributed by atoms with van der Waals surface area (Å²) in [6, 6.07) is 7.34. The van der Waals surface area contributed by atoms with E-state index < -0.39 is 5.97 Å². The van der Waals surface area contributed by atoms with Crippen molar-refractivity contribution in [2.24, 2.45) is 16.3 Å². The van der Waals surface area contributed by atoms with Crippen LogP contribution in [-0.4, -0.2) is 38.4 Å². The highest BCUT2D eigenvalue weighted by molar-refractivity contribution is 14.1. The lowest BCUT2D eigenvalue weighted by Crippen LogP contribution is -2.28. The lowest BCUT2D eigenvalue weighted by atomic mass is 9.72. The molecule has 2 aromatic heterocycles. The summed E-state index contributed by atoms with van der Waals surface area (Å²) in [4.78, 5) is 31.3. The molecule has 1 aliphatic carbocycles. The molecule has 0 bridgehead atoms. The molecule has 1 atom stereocenters. The van der Waals surface area contributed by atoms with Crippen LogP contribution in [0.25, 0.3) is 0 Å². The average molecular weight is 679 g/mol. The monoisotopic (exact) mass is 678 g/mol. The summed E-state index contributed by atoms with van der Waals surface area (Å²) in [6.45, 7) is 8.98. The molecule has 0 radical (unpaired) electrons. The van der Waals surface area contributed by atoms with Gasteiger partial charge in [-0.15, -0.1) is 11.3 Å². The summed E-state index contributed by atoms with van der Waals surface area (Å²) in [6.07, 6.45) is 6.17. The van der Waals surface area contributed by atoms with Gasteiger partial charge in [-0.3, -0.25) is 4.79 Å². The smallest absolute Gasteiger partial charge is 0.344 e. The minimum absolute atomic E-state index is 0.148. The fourth-order valence-corrected chi connectivity index (χ4v) is 6.78. The number of ether oxygens (including phenoxy) is 3. The van der Waals surface area contributed by atoms with Crippen LogP contribution in [0, 0.1) is 14.9 Å². The number of carbonyl (C=O) groups excluding carboxylic acids is 2. The van der Waals surface area contributed by atoms with Gasteiger partial charge in [-0.2, -0.15) is 0 Å². The van der Waals surface area contributed by atoms with E-state index in [9.17, 15) is 9.59 Å². The fraction of sp³-hybridized carbons (Fsp3) is 0.433. The van der Waals surface area contributed by atoms with Gasteiger partial charge in [0.25, 0.3) is 5.91 Å². The molecule has 1 N–H and O–H groups in total. The van der Waals surface area contributed by atoms with E-state index in [4.69, 9.17) is 23.6 Å². The van der Waals surface area contributed by atoms with Crippen LogP contribution >= 0.6 is 33.9 Å². The number of nitrogens with zero attached hydrogens (tertiary/aromatic N) is 1. The molecule has 10 heteroatoms. The first-order chi connectivity index (χ1) is 19.1. The van der Waals surface area contributed by atoms with Gasteiger partial charge >= 0.3 is 5.97 Å². The predicted octanol–water partition coefficient (Wildman–Crippen LogP) is 6.73. The van der Waals surface area contributed by atoms with Gasteiger partial charge < -0.3 is 23.9 Å². The average Bonchev–Trinajstić information content (AvgIpc) is 3.56. The van der Waals surface area contributed by atoms with Gasteiger partial charge in [-0.25, -0.2) is 9.79 Å². The maximum atomic E-state index is 13.5. The topological polar surface area (TPSA) is 99.4 Å². The third-order valence-electron chi connectivity index (χ3n) is 6.92. The minimum atomic E-state index is -0.445. The second-order valence-electron chi connectivity index (χ2n) is 10.6. The summed E-state index contributed by atoms with van der Waals surface area (Å²) in [5.41, 5.74) is 2.72. The van der Waals surface area contributed by atoms with Crippen molar-refractivity contribution in [2.75, 3.05) is 20.3 Å². The Kier molecular flexibility index (Phi) is 9.94. The molecule has 8 nitrogen and oxygen atoms in total. The number of hydrogen-bond acceptors (Lipinski definition) is 8. The molecule has 0 saturated heterocycles. The number of fused-ring (bicyclic) bond motifs is 1. The number of esters is 1. The Hall–Kier alpha value is -2.86. The van der Waals surface area contributed by atoms with Crippen molar-refractivity contribution in [1.82, 2.24) is 5.32 Å². The van der Waals surface area contributed by atoms with Gasteiger partial charge in [0.15, 0.2) is 18.1 Å². The third kappa shape index (κ3) is 7.25. The first kappa shape index (κ1) is 30.1. The summed E-state index contributed by atoms with van der Waals surface area (Å²) in [5.74, 6) is 1.59. The maximum absolute atomic E-state index is 13.5. The predicted molar refractivity (Wildman–Crippen MR) is 164 cm³/mol. The molecular formula is C30H35IN2O6S. The van der Waals surface area contributed by atoms with Crippen LogP contribution in [0.1, 0.15) is 66.2 Å². The molecule has 214 valence electrons. The molecule has 1 amide bonds. The Morgan fingerprint density at radius 3 is 2.77 bits per heavy atom. The standard InChI is InChI=1S/C30H35IN2O6S/c1-6-37-25(34)17-39-27-22(31)12-18(13-23(27)36-5)15-33-29-26(28(35)32-16-20-8-7-11-38-20)21-10-9-19(30(2,3)4)14-24(21)40-29/h7-8,11-13,15,19H,6,9-10,14,16-17H2,1-5H3,(H,32,35)/t19-/m1/s1. The zero-order valence-corrected chi connectivity index (χ0v) is 26.4. The van der Waals surface area contributed by atoms with Gasteiger partial charge in [0, 0.05) is 11.1 Å². The van der Waals surface area contributed by atoms with E-state index >= 15 is 0 Å². The van der Waals surface area contributed by atoms with Gasteiger partial charge in [0.05, 0.1) is 35.7 Å². The first-order valence-electron chi connectivity index (χ1n) is 13.3. The van der Waals surface area contributed by atoms with Crippen LogP contribution < -0.4 is 14.8 Å². The molecule has 0 unspecified atom stereocenters. The Morgan fingerprint density at radius 2 is 2.10 bits per heavy atom. The van der Waals surface area contributed by atoms with E-state index in [-0.39, 0.29) is 24.5 Å². The third-order valence-corrected chi connectivity index (χ3v) is 8.89. The highest BCUT2D eigenvalue weighted by Gasteiger charge is 2.33. The molecule has 1 aliphatic rings. The van der Waals surface area contributed by atoms with Gasteiger partial charge in [-0.05, 0) is 95.5 Å². The second kappa shape index (κ2) is 13.2. The van der Waals surface area contributed by atoms with E-state index in [0.717, 1.165) is 34.0 Å². The Labute approximate surface area is 252 Å². The number of thiophene rings is 1. The van der Waals surface area contributed by atoms with Crippen molar-refractivity contribution in [2.45, 2.75) is 53.5 Å². The van der Waals surface area contributed by atoms with E-state index in [2.05, 4.69) is 48.7 Å². The number of aliphatic imine (C=N–C) groups is 1. The summed E-state index contributed by atoms with van der Waals surface area (Å²) in [5, 5.41) is 3.70. The molecule has 3 aromatic rings. The van der Waals surface area contributed by atoms with Crippen molar-refractivity contribution < 1.29 is 28.2 Å². The van der Waals surface area contributed by atoms with Gasteiger partial charge in [0.1, 0.15) is 10.8 Å². The van der Waals surface area contributed by atoms with Crippen molar-refractivity contribution in [1.29, 1.82) is 0 Å². The van der Waals surface area contributed by atoms with Gasteiger partial charge in [-0.1, -0.05) is 20.8 Å². The normalized spacial score (nSPS) is 15.1. The van der Waals surface area contributed by atoms with E-state index in [1.54, 1.807) is 50.0 Å². The van der Waals surface area contributed by atoms with E-state index in [1.807, 2.05) is 12.1 Å². The molecule has 0 aliphatic heterocycles. The number of amides is 1. The fourth-order valence-electron chi connectivity index (χ4n) is 4.73. The number of benzene rings is 1. The summed E-state index contributed by atoms with van der Waals surface area (Å²) in [7, 11) is 1.55. The Bertz CT molecular complexity index is 1370. The maximum Gasteiger partial charge on any atom is 0.344 e. The number of rotatable bonds is 10. The van der Waals surface area contributed by atoms with Crippen molar-refractivity contribution in [3.05, 3.63) is 61.4 Å². The zero-order valence-electron chi connectivity index (χ0n) is 23.5.